The molecule has 104 valence electrons. The number of aromatic nitrogens is 1. The number of halogens is 1. The Morgan fingerprint density at radius 2 is 2.11 bits per heavy atom. The number of anilines is 1. The van der Waals surface area contributed by atoms with Gasteiger partial charge in [0.1, 0.15) is 5.15 Å². The zero-order valence-corrected chi connectivity index (χ0v) is 12.0. The van der Waals surface area contributed by atoms with Crippen molar-refractivity contribution in [1.82, 2.24) is 14.8 Å². The van der Waals surface area contributed by atoms with Gasteiger partial charge in [0, 0.05) is 19.1 Å². The molecule has 2 heterocycles. The van der Waals surface area contributed by atoms with E-state index >= 15 is 0 Å². The maximum Gasteiger partial charge on any atom is 0.256 e. The first kappa shape index (κ1) is 14.1. The maximum absolute atomic E-state index is 12.4. The average molecular weight is 283 g/mol. The van der Waals surface area contributed by atoms with E-state index in [1.165, 1.54) is 12.3 Å². The summed E-state index contributed by atoms with van der Waals surface area (Å²) < 4.78 is 0. The van der Waals surface area contributed by atoms with Gasteiger partial charge in [0.05, 0.1) is 17.4 Å². The van der Waals surface area contributed by atoms with Crippen molar-refractivity contribution in [2.75, 3.05) is 32.9 Å². The van der Waals surface area contributed by atoms with Crippen molar-refractivity contribution in [1.29, 1.82) is 0 Å². The van der Waals surface area contributed by atoms with Gasteiger partial charge in [-0.05, 0) is 33.0 Å². The van der Waals surface area contributed by atoms with Gasteiger partial charge in [-0.25, -0.2) is 4.98 Å². The van der Waals surface area contributed by atoms with Gasteiger partial charge in [0.2, 0.25) is 0 Å². The lowest BCUT2D eigenvalue weighted by molar-refractivity contribution is 0.0664. The second kappa shape index (κ2) is 5.75. The Morgan fingerprint density at radius 1 is 1.47 bits per heavy atom. The van der Waals surface area contributed by atoms with E-state index in [1.807, 2.05) is 4.90 Å². The topological polar surface area (TPSA) is 62.5 Å². The molecule has 0 unspecified atom stereocenters. The molecule has 1 aromatic heterocycles. The molecule has 0 bridgehead atoms. The van der Waals surface area contributed by atoms with Gasteiger partial charge >= 0.3 is 0 Å². The van der Waals surface area contributed by atoms with Crippen LogP contribution in [0.15, 0.2) is 12.3 Å². The Morgan fingerprint density at radius 3 is 2.68 bits per heavy atom. The largest absolute Gasteiger partial charge is 0.397 e. The molecule has 0 aromatic carbocycles. The van der Waals surface area contributed by atoms with Crippen LogP contribution in [0.3, 0.4) is 0 Å². The SMILES string of the molecule is CN(C)C1CCN(C(=O)c2cc(Cl)ncc2N)CC1. The second-order valence-corrected chi connectivity index (χ2v) is 5.47. The van der Waals surface area contributed by atoms with E-state index in [1.54, 1.807) is 0 Å². The fraction of sp³-hybridized carbons (Fsp3) is 0.538. The Bertz CT molecular complexity index is 470. The van der Waals surface area contributed by atoms with Crippen LogP contribution in [0.25, 0.3) is 0 Å². The first-order valence-corrected chi connectivity index (χ1v) is 6.73. The highest BCUT2D eigenvalue weighted by Crippen LogP contribution is 2.21. The molecule has 1 saturated heterocycles. The maximum atomic E-state index is 12.4. The van der Waals surface area contributed by atoms with E-state index in [0.29, 0.717) is 22.4 Å². The van der Waals surface area contributed by atoms with E-state index < -0.39 is 0 Å². The second-order valence-electron chi connectivity index (χ2n) is 5.08. The van der Waals surface area contributed by atoms with E-state index in [-0.39, 0.29) is 5.91 Å². The molecule has 0 spiro atoms. The van der Waals surface area contributed by atoms with Crippen LogP contribution in [0.1, 0.15) is 23.2 Å². The third kappa shape index (κ3) is 3.16. The first-order valence-electron chi connectivity index (χ1n) is 6.35. The number of carbonyl (C=O) groups excluding carboxylic acids is 1. The number of rotatable bonds is 2. The van der Waals surface area contributed by atoms with E-state index in [4.69, 9.17) is 17.3 Å². The molecule has 2 N–H and O–H groups in total. The summed E-state index contributed by atoms with van der Waals surface area (Å²) in [6, 6.07) is 2.08. The van der Waals surface area contributed by atoms with Gasteiger partial charge < -0.3 is 15.5 Å². The summed E-state index contributed by atoms with van der Waals surface area (Å²) >= 11 is 5.82. The molecule has 1 fully saturated rings. The van der Waals surface area contributed by atoms with Gasteiger partial charge in [0.15, 0.2) is 0 Å². The van der Waals surface area contributed by atoms with Crippen LogP contribution in [0, 0.1) is 0 Å². The van der Waals surface area contributed by atoms with Crippen LogP contribution in [0.5, 0.6) is 0 Å². The summed E-state index contributed by atoms with van der Waals surface area (Å²) in [6.07, 6.45) is 3.40. The number of likely N-dealkylation sites (tertiary alicyclic amines) is 1. The van der Waals surface area contributed by atoms with Gasteiger partial charge in [-0.3, -0.25) is 4.79 Å². The van der Waals surface area contributed by atoms with Crippen molar-refractivity contribution in [3.8, 4) is 0 Å². The zero-order chi connectivity index (χ0) is 14.0. The molecule has 0 atom stereocenters. The minimum atomic E-state index is -0.0565. The van der Waals surface area contributed by atoms with Crippen molar-refractivity contribution in [2.45, 2.75) is 18.9 Å². The van der Waals surface area contributed by atoms with Crippen molar-refractivity contribution in [3.63, 3.8) is 0 Å². The molecular weight excluding hydrogens is 264 g/mol. The monoisotopic (exact) mass is 282 g/mol. The Labute approximate surface area is 118 Å². The Hall–Kier alpha value is -1.33. The molecule has 1 aliphatic heterocycles. The molecule has 1 aliphatic rings. The Kier molecular flexibility index (Phi) is 4.27. The Balaban J connectivity index is 2.07. The van der Waals surface area contributed by atoms with Crippen molar-refractivity contribution < 1.29 is 4.79 Å². The fourth-order valence-corrected chi connectivity index (χ4v) is 2.54. The van der Waals surface area contributed by atoms with Gasteiger partial charge in [0.25, 0.3) is 5.91 Å². The van der Waals surface area contributed by atoms with Gasteiger partial charge in [-0.1, -0.05) is 11.6 Å². The standard InChI is InChI=1S/C13H19ClN4O/c1-17(2)9-3-5-18(6-4-9)13(19)10-7-12(14)16-8-11(10)15/h7-9H,3-6,15H2,1-2H3. The molecule has 0 aliphatic carbocycles. The van der Waals surface area contributed by atoms with Crippen molar-refractivity contribution >= 4 is 23.2 Å². The van der Waals surface area contributed by atoms with Crippen LogP contribution in [0.4, 0.5) is 5.69 Å². The van der Waals surface area contributed by atoms with Gasteiger partial charge in [-0.2, -0.15) is 0 Å². The highest BCUT2D eigenvalue weighted by Gasteiger charge is 2.25. The number of piperidine rings is 1. The van der Waals surface area contributed by atoms with E-state index in [2.05, 4.69) is 24.0 Å². The minimum absolute atomic E-state index is 0.0565. The number of hydrogen-bond donors (Lipinski definition) is 1. The lowest BCUT2D eigenvalue weighted by atomic mass is 10.0. The number of hydrogen-bond acceptors (Lipinski definition) is 4. The van der Waals surface area contributed by atoms with Gasteiger partial charge in [-0.15, -0.1) is 0 Å². The number of nitrogens with zero attached hydrogens (tertiary/aromatic N) is 3. The predicted octanol–water partition coefficient (Wildman–Crippen LogP) is 1.48. The highest BCUT2D eigenvalue weighted by atomic mass is 35.5. The molecule has 1 aromatic rings. The third-order valence-corrected chi connectivity index (χ3v) is 3.82. The van der Waals surface area contributed by atoms with E-state index in [9.17, 15) is 4.79 Å². The molecule has 5 nitrogen and oxygen atoms in total. The molecule has 1 amide bonds. The normalized spacial score (nSPS) is 16.9. The van der Waals surface area contributed by atoms with Crippen LogP contribution < -0.4 is 5.73 Å². The molecule has 2 rings (SSSR count). The third-order valence-electron chi connectivity index (χ3n) is 3.61. The van der Waals surface area contributed by atoms with Crippen LogP contribution in [-0.2, 0) is 0 Å². The number of nitrogens with two attached hydrogens (primary N) is 1. The average Bonchev–Trinajstić information content (AvgIpc) is 2.41. The highest BCUT2D eigenvalue weighted by molar-refractivity contribution is 6.29. The van der Waals surface area contributed by atoms with Crippen LogP contribution in [0.2, 0.25) is 5.15 Å². The van der Waals surface area contributed by atoms with E-state index in [0.717, 1.165) is 25.9 Å². The minimum Gasteiger partial charge on any atom is -0.397 e. The zero-order valence-electron chi connectivity index (χ0n) is 11.3. The summed E-state index contributed by atoms with van der Waals surface area (Å²) in [7, 11) is 4.14. The molecular formula is C13H19ClN4O. The summed E-state index contributed by atoms with van der Waals surface area (Å²) in [5.74, 6) is -0.0565. The molecule has 0 radical (unpaired) electrons. The number of amides is 1. The van der Waals surface area contributed by atoms with Crippen LogP contribution in [-0.4, -0.2) is 53.9 Å². The number of nitrogen functional groups attached to an aromatic ring is 1. The quantitative estimate of drug-likeness (QED) is 0.835. The smallest absolute Gasteiger partial charge is 0.256 e. The molecule has 0 saturated carbocycles. The fourth-order valence-electron chi connectivity index (χ4n) is 2.38. The summed E-state index contributed by atoms with van der Waals surface area (Å²) in [5.41, 5.74) is 6.62. The van der Waals surface area contributed by atoms with Crippen molar-refractivity contribution in [3.05, 3.63) is 23.0 Å². The number of pyridine rings is 1. The number of carbonyl (C=O) groups is 1. The lowest BCUT2D eigenvalue weighted by Crippen LogP contribution is -2.44. The molecule has 19 heavy (non-hydrogen) atoms. The van der Waals surface area contributed by atoms with Crippen molar-refractivity contribution in [2.24, 2.45) is 0 Å². The summed E-state index contributed by atoms with van der Waals surface area (Å²) in [6.45, 7) is 1.50. The summed E-state index contributed by atoms with van der Waals surface area (Å²) in [4.78, 5) is 20.3. The summed E-state index contributed by atoms with van der Waals surface area (Å²) in [5, 5.41) is 0.292. The lowest BCUT2D eigenvalue weighted by Gasteiger charge is -2.35. The van der Waals surface area contributed by atoms with Crippen LogP contribution >= 0.6 is 11.6 Å². The first-order chi connectivity index (χ1) is 8.99. The predicted molar refractivity (Wildman–Crippen MR) is 76.3 cm³/mol. The molecule has 6 heteroatoms.